The lowest BCUT2D eigenvalue weighted by Gasteiger charge is -2.11. The molecule has 1 heterocycles. The first kappa shape index (κ1) is 22.9. The quantitative estimate of drug-likeness (QED) is 0.333. The second-order valence-corrected chi connectivity index (χ2v) is 6.59. The van der Waals surface area contributed by atoms with Gasteiger partial charge in [0.05, 0.1) is 7.11 Å². The maximum absolute atomic E-state index is 12.4. The number of methoxy groups -OCH3 is 1. The maximum atomic E-state index is 12.4. The second-order valence-electron chi connectivity index (χ2n) is 6.59. The van der Waals surface area contributed by atoms with Crippen molar-refractivity contribution in [2.45, 2.75) is 47.0 Å². The molecule has 1 aromatic heterocycles. The number of hydrogen-bond acceptors (Lipinski definition) is 5. The minimum Gasteiger partial charge on any atom is -0.493 e. The highest BCUT2D eigenvalue weighted by Gasteiger charge is 2.15. The molecule has 2 rings (SSSR count). The van der Waals surface area contributed by atoms with E-state index in [1.54, 1.807) is 0 Å². The van der Waals surface area contributed by atoms with Gasteiger partial charge in [-0.15, -0.1) is 0 Å². The van der Waals surface area contributed by atoms with Crippen LogP contribution in [0.1, 0.15) is 35.9 Å². The van der Waals surface area contributed by atoms with Crippen molar-refractivity contribution >= 4 is 12.0 Å². The Morgan fingerprint density at radius 1 is 1.27 bits per heavy atom. The van der Waals surface area contributed by atoms with Gasteiger partial charge in [-0.05, 0) is 55.7 Å². The molecular weight excluding hydrogens is 394 g/mol. The van der Waals surface area contributed by atoms with Crippen molar-refractivity contribution in [1.29, 1.82) is 5.26 Å². The molecule has 160 valence electrons. The molecule has 8 heteroatoms. The van der Waals surface area contributed by atoms with Crippen LogP contribution in [0.5, 0.6) is 11.5 Å². The van der Waals surface area contributed by atoms with Crippen LogP contribution in [0.4, 0.5) is 8.78 Å². The predicted molar refractivity (Wildman–Crippen MR) is 107 cm³/mol. The Hall–Kier alpha value is -3.34. The Morgan fingerprint density at radius 2 is 2.00 bits per heavy atom. The van der Waals surface area contributed by atoms with Gasteiger partial charge < -0.3 is 18.8 Å². The summed E-state index contributed by atoms with van der Waals surface area (Å²) in [7, 11) is 1.31. The summed E-state index contributed by atoms with van der Waals surface area (Å²) in [6.45, 7) is 3.70. The summed E-state index contributed by atoms with van der Waals surface area (Å²) in [5.74, 6) is -0.810. The monoisotopic (exact) mass is 418 g/mol. The summed E-state index contributed by atoms with van der Waals surface area (Å²) in [5, 5.41) is 9.39. The van der Waals surface area contributed by atoms with Crippen LogP contribution in [0.25, 0.3) is 6.08 Å². The van der Waals surface area contributed by atoms with Gasteiger partial charge in [0.2, 0.25) is 0 Å². The van der Waals surface area contributed by atoms with Gasteiger partial charge in [-0.1, -0.05) is 13.0 Å². The van der Waals surface area contributed by atoms with E-state index in [4.69, 9.17) is 9.47 Å². The minimum atomic E-state index is -2.98. The van der Waals surface area contributed by atoms with E-state index in [0.717, 1.165) is 29.9 Å². The van der Waals surface area contributed by atoms with Gasteiger partial charge in [0.1, 0.15) is 18.2 Å². The largest absolute Gasteiger partial charge is 0.493 e. The topological polar surface area (TPSA) is 73.5 Å². The number of rotatable bonds is 9. The lowest BCUT2D eigenvalue weighted by molar-refractivity contribution is -0.139. The summed E-state index contributed by atoms with van der Waals surface area (Å²) >= 11 is 0. The van der Waals surface area contributed by atoms with E-state index >= 15 is 0 Å². The molecule has 2 aromatic rings. The van der Waals surface area contributed by atoms with Gasteiger partial charge in [-0.3, -0.25) is 0 Å². The summed E-state index contributed by atoms with van der Waals surface area (Å²) in [6.07, 6.45) is 2.48. The van der Waals surface area contributed by atoms with E-state index in [0.29, 0.717) is 5.56 Å². The maximum Gasteiger partial charge on any atom is 0.387 e. The minimum absolute atomic E-state index is 0.0864. The fourth-order valence-electron chi connectivity index (χ4n) is 3.06. The lowest BCUT2D eigenvalue weighted by atomic mass is 10.1. The third-order valence-electron chi connectivity index (χ3n) is 4.51. The van der Waals surface area contributed by atoms with E-state index in [-0.39, 0.29) is 23.7 Å². The van der Waals surface area contributed by atoms with Gasteiger partial charge in [0.15, 0.2) is 11.5 Å². The van der Waals surface area contributed by atoms with E-state index < -0.39 is 12.6 Å². The highest BCUT2D eigenvalue weighted by Crippen LogP contribution is 2.29. The first-order chi connectivity index (χ1) is 14.3. The number of halogens is 2. The molecule has 0 bridgehead atoms. The van der Waals surface area contributed by atoms with E-state index in [9.17, 15) is 18.8 Å². The predicted octanol–water partition coefficient (Wildman–Crippen LogP) is 4.78. The Kier molecular flexibility index (Phi) is 7.98. The molecule has 0 unspecified atom stereocenters. The van der Waals surface area contributed by atoms with Crippen LogP contribution < -0.4 is 9.47 Å². The Bertz CT molecular complexity index is 974. The Morgan fingerprint density at radius 3 is 2.60 bits per heavy atom. The molecule has 0 spiro atoms. The SMILES string of the molecule is CCCn1c(C)cc(/C=C(\C#N)C(=O)OCc2ccc(OC(F)F)c(OC)c2)c1C. The number of hydrogen-bond donors (Lipinski definition) is 0. The fraction of sp³-hybridized carbons (Fsp3) is 0.364. The molecular formula is C22H24F2N2O4. The van der Waals surface area contributed by atoms with Gasteiger partial charge in [-0.2, -0.15) is 14.0 Å². The molecule has 0 aliphatic rings. The van der Waals surface area contributed by atoms with Crippen molar-refractivity contribution in [2.24, 2.45) is 0 Å². The second kappa shape index (κ2) is 10.4. The highest BCUT2D eigenvalue weighted by molar-refractivity contribution is 5.98. The van der Waals surface area contributed by atoms with Gasteiger partial charge in [0, 0.05) is 17.9 Å². The van der Waals surface area contributed by atoms with Crippen LogP contribution in [-0.4, -0.2) is 24.3 Å². The number of alkyl halides is 2. The van der Waals surface area contributed by atoms with Gasteiger partial charge in [-0.25, -0.2) is 4.79 Å². The van der Waals surface area contributed by atoms with Crippen molar-refractivity contribution in [3.05, 3.63) is 52.4 Å². The number of nitriles is 1. The summed E-state index contributed by atoms with van der Waals surface area (Å²) < 4.78 is 41.5. The number of aromatic nitrogens is 1. The van der Waals surface area contributed by atoms with Crippen LogP contribution in [0.2, 0.25) is 0 Å². The average Bonchev–Trinajstić information content (AvgIpc) is 2.98. The molecule has 0 aliphatic heterocycles. The number of ether oxygens (including phenoxy) is 3. The molecule has 0 saturated heterocycles. The highest BCUT2D eigenvalue weighted by atomic mass is 19.3. The van der Waals surface area contributed by atoms with Crippen molar-refractivity contribution in [1.82, 2.24) is 4.57 Å². The third-order valence-corrected chi connectivity index (χ3v) is 4.51. The normalized spacial score (nSPS) is 11.3. The zero-order valence-corrected chi connectivity index (χ0v) is 17.4. The number of carbonyl (C=O) groups excluding carboxylic acids is 1. The van der Waals surface area contributed by atoms with Crippen LogP contribution in [0, 0.1) is 25.2 Å². The Balaban J connectivity index is 2.14. The van der Waals surface area contributed by atoms with Crippen LogP contribution in [0.3, 0.4) is 0 Å². The number of nitrogens with zero attached hydrogens (tertiary/aromatic N) is 2. The van der Waals surface area contributed by atoms with E-state index in [2.05, 4.69) is 16.2 Å². The van der Waals surface area contributed by atoms with Crippen molar-refractivity contribution in [2.75, 3.05) is 7.11 Å². The Labute approximate surface area is 174 Å². The molecule has 0 saturated carbocycles. The zero-order chi connectivity index (χ0) is 22.3. The fourth-order valence-corrected chi connectivity index (χ4v) is 3.06. The molecule has 0 fully saturated rings. The van der Waals surface area contributed by atoms with Gasteiger partial charge in [0.25, 0.3) is 0 Å². The third kappa shape index (κ3) is 5.60. The molecule has 0 N–H and O–H groups in total. The smallest absolute Gasteiger partial charge is 0.387 e. The molecule has 0 amide bonds. The first-order valence-corrected chi connectivity index (χ1v) is 9.38. The average molecular weight is 418 g/mol. The lowest BCUT2D eigenvalue weighted by Crippen LogP contribution is -2.08. The number of carbonyl (C=O) groups is 1. The molecule has 30 heavy (non-hydrogen) atoms. The number of benzene rings is 1. The van der Waals surface area contributed by atoms with Crippen molar-refractivity contribution in [3.63, 3.8) is 0 Å². The summed E-state index contributed by atoms with van der Waals surface area (Å²) in [5.41, 5.74) is 3.17. The number of esters is 1. The van der Waals surface area contributed by atoms with E-state index in [1.165, 1.54) is 31.4 Å². The molecule has 0 radical (unpaired) electrons. The van der Waals surface area contributed by atoms with Crippen LogP contribution >= 0.6 is 0 Å². The first-order valence-electron chi connectivity index (χ1n) is 9.38. The summed E-state index contributed by atoms with van der Waals surface area (Å²) in [4.78, 5) is 12.4. The molecule has 0 atom stereocenters. The van der Waals surface area contributed by atoms with Crippen molar-refractivity contribution < 1.29 is 27.8 Å². The molecule has 1 aromatic carbocycles. The van der Waals surface area contributed by atoms with Crippen molar-refractivity contribution in [3.8, 4) is 17.6 Å². The molecule has 6 nitrogen and oxygen atoms in total. The number of aryl methyl sites for hydroxylation is 1. The molecule has 0 aliphatic carbocycles. The summed E-state index contributed by atoms with van der Waals surface area (Å²) in [6, 6.07) is 8.00. The standard InChI is InChI=1S/C22H24F2N2O4/c1-5-8-26-14(2)9-17(15(26)3)11-18(12-25)21(27)29-13-16-6-7-19(30-22(23)24)20(10-16)28-4/h6-7,9-11,22H,5,8,13H2,1-4H3/b18-11+. The van der Waals surface area contributed by atoms with Gasteiger partial charge >= 0.3 is 12.6 Å². The van der Waals surface area contributed by atoms with Crippen LogP contribution in [-0.2, 0) is 22.7 Å². The zero-order valence-electron chi connectivity index (χ0n) is 17.4. The van der Waals surface area contributed by atoms with Crippen LogP contribution in [0.15, 0.2) is 29.8 Å². The van der Waals surface area contributed by atoms with E-state index in [1.807, 2.05) is 26.0 Å².